The standard InChI is InChI=1S/C70H63BF6O9P2/c1-67(2,3)82-65(80)52-41-37-50(38-42-52)63(78)48-87(57-25-13-7-14-26-57,58-27-15-8-16-28-58,59-29-17-9-18-30-59)85-71(84-56-46-54(69(72,73)74)45-55(47-56)70(75,76)77)86-88(60-31-19-10-20-32-60,61-33-21-11-22-34-61,62-35-23-12-24-36-62)49-64(79)51-39-43-53(44-40-51)66(81)83-68(4,5)6/h7-47H,48-49H2,1-6H3. The predicted molar refractivity (Wildman–Crippen MR) is 337 cm³/mol. The number of ether oxygens (including phenoxy) is 2. The van der Waals surface area contributed by atoms with E-state index in [2.05, 4.69) is 0 Å². The van der Waals surface area contributed by atoms with Crippen molar-refractivity contribution in [3.05, 3.63) is 282 Å². The van der Waals surface area contributed by atoms with E-state index in [1.165, 1.54) is 48.5 Å². The number of carbonyl (C=O) groups excluding carboxylic acids is 4. The molecule has 0 fully saturated rings. The van der Waals surface area contributed by atoms with Crippen molar-refractivity contribution in [2.24, 2.45) is 0 Å². The molecule has 0 bridgehead atoms. The Hall–Kier alpha value is -8.52. The fourth-order valence-electron chi connectivity index (χ4n) is 10.9. The quantitative estimate of drug-likeness (QED) is 0.0242. The van der Waals surface area contributed by atoms with Crippen LogP contribution in [0.5, 0.6) is 5.75 Å². The van der Waals surface area contributed by atoms with Gasteiger partial charge in [0.25, 0.3) is 0 Å². The number of halogens is 6. The molecule has 0 aliphatic rings. The van der Waals surface area contributed by atoms with Gasteiger partial charge < -0.3 is 0 Å². The van der Waals surface area contributed by atoms with Crippen LogP contribution < -0.4 is 36.5 Å². The summed E-state index contributed by atoms with van der Waals surface area (Å²) in [6, 6.07) is 63.8. The molecule has 18 heteroatoms. The molecule has 0 aromatic heterocycles. The van der Waals surface area contributed by atoms with Gasteiger partial charge in [-0.05, 0) is 0 Å². The monoisotopic (exact) mass is 1230 g/mol. The minimum absolute atomic E-state index is 0.0288. The summed E-state index contributed by atoms with van der Waals surface area (Å²) >= 11 is 0. The van der Waals surface area contributed by atoms with E-state index in [0.29, 0.717) is 44.0 Å². The van der Waals surface area contributed by atoms with Gasteiger partial charge >= 0.3 is 510 Å². The normalized spacial score (nSPS) is 13.2. The summed E-state index contributed by atoms with van der Waals surface area (Å²) in [5, 5.41) is 2.01. The van der Waals surface area contributed by atoms with Crippen molar-refractivity contribution in [2.75, 3.05) is 12.3 Å². The molecule has 88 heavy (non-hydrogen) atoms. The van der Waals surface area contributed by atoms with Gasteiger partial charge in [-0.25, -0.2) is 0 Å². The third-order valence-electron chi connectivity index (χ3n) is 14.8. The van der Waals surface area contributed by atoms with Gasteiger partial charge in [-0.3, -0.25) is 0 Å². The van der Waals surface area contributed by atoms with Crippen LogP contribution >= 0.6 is 13.7 Å². The average Bonchev–Trinajstić information content (AvgIpc) is 0.693. The topological polar surface area (TPSA) is 114 Å². The molecule has 9 rings (SSSR count). The Balaban J connectivity index is 1.41. The minimum atomic E-state index is -5.49. The van der Waals surface area contributed by atoms with Gasteiger partial charge in [-0.15, -0.1) is 0 Å². The summed E-state index contributed by atoms with van der Waals surface area (Å²) in [6.07, 6.45) is -11.9. The predicted octanol–water partition coefficient (Wildman–Crippen LogP) is 14.7. The number of benzene rings is 9. The van der Waals surface area contributed by atoms with Crippen molar-refractivity contribution >= 4 is 76.3 Å². The molecule has 0 aliphatic carbocycles. The fraction of sp³-hybridized carbons (Fsp3) is 0.171. The molecule has 0 saturated heterocycles. The Morgan fingerprint density at radius 3 is 0.818 bits per heavy atom. The summed E-state index contributed by atoms with van der Waals surface area (Å²) in [4.78, 5) is 58.8. The van der Waals surface area contributed by atoms with Crippen LogP contribution in [0.25, 0.3) is 0 Å². The first-order valence-corrected chi connectivity index (χ1v) is 32.7. The van der Waals surface area contributed by atoms with Crippen molar-refractivity contribution in [1.29, 1.82) is 0 Å². The molecule has 0 amide bonds. The fourth-order valence-corrected chi connectivity index (χ4v) is 21.9. The van der Waals surface area contributed by atoms with E-state index in [1.54, 1.807) is 224 Å². The van der Waals surface area contributed by atoms with Crippen molar-refractivity contribution in [3.63, 3.8) is 0 Å². The average molecular weight is 1240 g/mol. The second-order valence-electron chi connectivity index (χ2n) is 23.1. The van der Waals surface area contributed by atoms with Gasteiger partial charge in [-0.1, -0.05) is 0 Å². The Labute approximate surface area is 507 Å². The van der Waals surface area contributed by atoms with Crippen LogP contribution in [0.3, 0.4) is 0 Å². The van der Waals surface area contributed by atoms with Crippen LogP contribution in [-0.2, 0) is 30.7 Å². The van der Waals surface area contributed by atoms with E-state index < -0.39 is 97.2 Å². The first kappa shape index (κ1) is 64.0. The maximum atomic E-state index is 16.0. The maximum absolute atomic E-state index is 16.0. The number of Topliss-reactive ketones (excluding diaryl/α,β-unsaturated/α-hetero) is 2. The molecular formula is C70H63BF6O9P2. The van der Waals surface area contributed by atoms with E-state index in [-0.39, 0.29) is 28.3 Å². The molecule has 0 saturated carbocycles. The van der Waals surface area contributed by atoms with E-state index in [0.717, 1.165) is 0 Å². The summed E-state index contributed by atoms with van der Waals surface area (Å²) in [6.45, 7) is -0.699. The molecule has 0 N–H and O–H groups in total. The number of hydrogen-bond acceptors (Lipinski definition) is 9. The Morgan fingerprint density at radius 2 is 0.591 bits per heavy atom. The van der Waals surface area contributed by atoms with Crippen molar-refractivity contribution in [2.45, 2.75) is 65.1 Å². The third-order valence-corrected chi connectivity index (χ3v) is 26.2. The van der Waals surface area contributed by atoms with Gasteiger partial charge in [0.05, 0.1) is 0 Å². The van der Waals surface area contributed by atoms with Crippen LogP contribution in [0.4, 0.5) is 26.3 Å². The number of carbonyl (C=O) groups is 4. The third kappa shape index (κ3) is 13.2. The Kier molecular flexibility index (Phi) is 18.1. The van der Waals surface area contributed by atoms with E-state index in [9.17, 15) is 9.59 Å². The molecule has 0 spiro atoms. The summed E-state index contributed by atoms with van der Waals surface area (Å²) in [7, 11) is -2.51. The molecular weight excluding hydrogens is 1170 g/mol. The van der Waals surface area contributed by atoms with Gasteiger partial charge in [0, 0.05) is 0 Å². The van der Waals surface area contributed by atoms with E-state index in [1.807, 2.05) is 0 Å². The van der Waals surface area contributed by atoms with Gasteiger partial charge in [-0.2, -0.15) is 0 Å². The molecule has 0 radical (unpaired) electrons. The Morgan fingerprint density at radius 1 is 0.352 bits per heavy atom. The van der Waals surface area contributed by atoms with Crippen molar-refractivity contribution in [1.82, 2.24) is 0 Å². The molecule has 0 atom stereocenters. The van der Waals surface area contributed by atoms with Gasteiger partial charge in [0.15, 0.2) is 0 Å². The molecule has 9 aromatic carbocycles. The second-order valence-corrected chi connectivity index (χ2v) is 32.1. The van der Waals surface area contributed by atoms with Crippen LogP contribution in [0.2, 0.25) is 0 Å². The van der Waals surface area contributed by atoms with Crippen LogP contribution in [0.1, 0.15) is 94.1 Å². The summed E-state index contributed by atoms with van der Waals surface area (Å²) < 4.78 is 125. The number of rotatable bonds is 20. The molecule has 452 valence electrons. The molecule has 0 unspecified atom stereocenters. The van der Waals surface area contributed by atoms with E-state index >= 15 is 35.9 Å². The summed E-state index contributed by atoms with van der Waals surface area (Å²) in [5.41, 5.74) is -4.70. The zero-order valence-corrected chi connectivity index (χ0v) is 50.8. The molecule has 0 aliphatic heterocycles. The molecule has 9 aromatic rings. The van der Waals surface area contributed by atoms with Crippen molar-refractivity contribution < 1.29 is 68.5 Å². The van der Waals surface area contributed by atoms with Crippen LogP contribution in [0, 0.1) is 0 Å². The molecule has 9 nitrogen and oxygen atoms in total. The number of esters is 2. The van der Waals surface area contributed by atoms with Crippen molar-refractivity contribution in [3.8, 4) is 5.75 Å². The summed E-state index contributed by atoms with van der Waals surface area (Å²) in [5.74, 6) is -3.48. The number of alkyl halides is 6. The SMILES string of the molecule is CC(C)(C)OC(=O)c1ccc(C(=O)CP(OB(Oc2cc(C(F)(F)F)cc(C(F)(F)F)c2)OP(CC(=O)c2ccc(C(=O)OC(C)(C)C)cc2)(c2ccccc2)(c2ccccc2)c2ccccc2)(c2ccccc2)(c2ccccc2)c2ccccc2)cc1. The number of hydrogen-bond donors (Lipinski definition) is 0. The van der Waals surface area contributed by atoms with E-state index in [4.69, 9.17) is 23.0 Å². The zero-order valence-electron chi connectivity index (χ0n) is 49.0. The Bertz CT molecular complexity index is 3470. The molecule has 0 heterocycles. The first-order valence-electron chi connectivity index (χ1n) is 28.1. The number of ketones is 2. The van der Waals surface area contributed by atoms with Gasteiger partial charge in [0.2, 0.25) is 0 Å². The zero-order chi connectivity index (χ0) is 63.2. The second kappa shape index (κ2) is 24.9. The van der Waals surface area contributed by atoms with Crippen LogP contribution in [-0.4, -0.2) is 54.4 Å². The van der Waals surface area contributed by atoms with Gasteiger partial charge in [0.1, 0.15) is 0 Å². The first-order chi connectivity index (χ1) is 41.6. The van der Waals surface area contributed by atoms with Crippen LogP contribution in [0.15, 0.2) is 249 Å².